The van der Waals surface area contributed by atoms with Crippen molar-refractivity contribution in [1.29, 1.82) is 0 Å². The Kier molecular flexibility index (Phi) is 7.75. The first-order chi connectivity index (χ1) is 10.0. The van der Waals surface area contributed by atoms with Crippen molar-refractivity contribution in [2.24, 2.45) is 5.92 Å². The summed E-state index contributed by atoms with van der Waals surface area (Å²) < 4.78 is 5.42. The third kappa shape index (κ3) is 7.66. The number of rotatable bonds is 9. The van der Waals surface area contributed by atoms with Crippen LogP contribution in [0.15, 0.2) is 18.3 Å². The third-order valence-electron chi connectivity index (χ3n) is 3.05. The number of nitrogens with one attached hydrogen (secondary N) is 2. The molecule has 0 saturated heterocycles. The lowest BCUT2D eigenvalue weighted by Gasteiger charge is -2.12. The van der Waals surface area contributed by atoms with Gasteiger partial charge in [0.1, 0.15) is 5.75 Å². The van der Waals surface area contributed by atoms with Crippen LogP contribution in [0, 0.1) is 5.92 Å². The molecule has 0 spiro atoms. The summed E-state index contributed by atoms with van der Waals surface area (Å²) in [7, 11) is 0. The molecule has 1 atom stereocenters. The summed E-state index contributed by atoms with van der Waals surface area (Å²) in [5.41, 5.74) is 0.965. The van der Waals surface area contributed by atoms with Gasteiger partial charge in [-0.15, -0.1) is 0 Å². The average Bonchev–Trinajstić information content (AvgIpc) is 2.46. The molecule has 0 aliphatic carbocycles. The zero-order chi connectivity index (χ0) is 15.7. The number of aromatic nitrogens is 1. The van der Waals surface area contributed by atoms with Crippen LogP contribution in [0.3, 0.4) is 0 Å². The fraction of sp³-hybridized carbons (Fsp3) is 0.625. The molecule has 2 N–H and O–H groups in total. The molecular formula is C16H27N3O2. The molecule has 1 amide bonds. The quantitative estimate of drug-likeness (QED) is 0.732. The predicted molar refractivity (Wildman–Crippen MR) is 84.2 cm³/mol. The maximum absolute atomic E-state index is 11.6. The van der Waals surface area contributed by atoms with Crippen molar-refractivity contribution in [3.05, 3.63) is 24.0 Å². The van der Waals surface area contributed by atoms with Crippen LogP contribution in [0.5, 0.6) is 5.75 Å². The van der Waals surface area contributed by atoms with Gasteiger partial charge in [0.2, 0.25) is 0 Å². The van der Waals surface area contributed by atoms with Gasteiger partial charge in [-0.25, -0.2) is 0 Å². The molecule has 1 heterocycles. The predicted octanol–water partition coefficient (Wildman–Crippen LogP) is 2.12. The smallest absolute Gasteiger partial charge is 0.258 e. The molecule has 21 heavy (non-hydrogen) atoms. The van der Waals surface area contributed by atoms with Crippen molar-refractivity contribution in [3.63, 3.8) is 0 Å². The van der Waals surface area contributed by atoms with Gasteiger partial charge >= 0.3 is 0 Å². The van der Waals surface area contributed by atoms with Gasteiger partial charge in [-0.2, -0.15) is 0 Å². The molecule has 1 aromatic heterocycles. The van der Waals surface area contributed by atoms with Crippen LogP contribution >= 0.6 is 0 Å². The SMILES string of the molecule is CCC(C)NC(=O)COc1ccc(CNCC(C)C)nc1. The summed E-state index contributed by atoms with van der Waals surface area (Å²) in [5, 5.41) is 6.19. The summed E-state index contributed by atoms with van der Waals surface area (Å²) in [6.07, 6.45) is 2.56. The molecule has 5 heteroatoms. The second kappa shape index (κ2) is 9.34. The molecule has 0 aliphatic heterocycles. The van der Waals surface area contributed by atoms with Gasteiger partial charge in [-0.3, -0.25) is 9.78 Å². The molecule has 0 aliphatic rings. The first-order valence-corrected chi connectivity index (χ1v) is 7.59. The topological polar surface area (TPSA) is 63.2 Å². The van der Waals surface area contributed by atoms with E-state index in [9.17, 15) is 4.79 Å². The van der Waals surface area contributed by atoms with E-state index in [0.717, 1.165) is 25.2 Å². The zero-order valence-corrected chi connectivity index (χ0v) is 13.5. The lowest BCUT2D eigenvalue weighted by Crippen LogP contribution is -2.35. The van der Waals surface area contributed by atoms with E-state index < -0.39 is 0 Å². The molecule has 0 saturated carbocycles. The summed E-state index contributed by atoms with van der Waals surface area (Å²) in [4.78, 5) is 15.9. The van der Waals surface area contributed by atoms with Crippen LogP contribution < -0.4 is 15.4 Å². The molecule has 0 aromatic carbocycles. The van der Waals surface area contributed by atoms with Crippen LogP contribution in [-0.4, -0.2) is 30.1 Å². The number of nitrogens with zero attached hydrogens (tertiary/aromatic N) is 1. The summed E-state index contributed by atoms with van der Waals surface area (Å²) in [6, 6.07) is 3.93. The van der Waals surface area contributed by atoms with E-state index in [1.54, 1.807) is 6.20 Å². The van der Waals surface area contributed by atoms with Gasteiger partial charge in [0.15, 0.2) is 6.61 Å². The zero-order valence-electron chi connectivity index (χ0n) is 13.5. The van der Waals surface area contributed by atoms with Crippen molar-refractivity contribution in [1.82, 2.24) is 15.6 Å². The number of carbonyl (C=O) groups is 1. The Morgan fingerprint density at radius 2 is 2.10 bits per heavy atom. The van der Waals surface area contributed by atoms with Crippen molar-refractivity contribution in [2.75, 3.05) is 13.2 Å². The first kappa shape index (κ1) is 17.4. The van der Waals surface area contributed by atoms with Crippen molar-refractivity contribution in [3.8, 4) is 5.75 Å². The lowest BCUT2D eigenvalue weighted by atomic mass is 10.2. The summed E-state index contributed by atoms with van der Waals surface area (Å²) in [5.74, 6) is 1.13. The number of ether oxygens (including phenoxy) is 1. The highest BCUT2D eigenvalue weighted by Crippen LogP contribution is 2.09. The van der Waals surface area contributed by atoms with Crippen molar-refractivity contribution >= 4 is 5.91 Å². The van der Waals surface area contributed by atoms with E-state index in [4.69, 9.17) is 4.74 Å². The molecule has 0 bridgehead atoms. The van der Waals surface area contributed by atoms with E-state index in [1.807, 2.05) is 26.0 Å². The Morgan fingerprint density at radius 3 is 2.67 bits per heavy atom. The van der Waals surface area contributed by atoms with Crippen LogP contribution in [0.1, 0.15) is 39.8 Å². The maximum Gasteiger partial charge on any atom is 0.258 e. The highest BCUT2D eigenvalue weighted by molar-refractivity contribution is 5.77. The van der Waals surface area contributed by atoms with Gasteiger partial charge in [-0.05, 0) is 37.9 Å². The Bertz CT molecular complexity index is 418. The number of carbonyl (C=O) groups excluding carboxylic acids is 1. The minimum Gasteiger partial charge on any atom is -0.482 e. The normalized spacial score (nSPS) is 12.2. The van der Waals surface area contributed by atoms with E-state index in [-0.39, 0.29) is 18.6 Å². The Hall–Kier alpha value is -1.62. The van der Waals surface area contributed by atoms with Gasteiger partial charge in [0.05, 0.1) is 11.9 Å². The highest BCUT2D eigenvalue weighted by atomic mass is 16.5. The van der Waals surface area contributed by atoms with Crippen LogP contribution in [0.2, 0.25) is 0 Å². The molecule has 118 valence electrons. The molecule has 1 aromatic rings. The van der Waals surface area contributed by atoms with Gasteiger partial charge in [0.25, 0.3) is 5.91 Å². The number of amides is 1. The summed E-state index contributed by atoms with van der Waals surface area (Å²) >= 11 is 0. The molecule has 1 unspecified atom stereocenters. The second-order valence-electron chi connectivity index (χ2n) is 5.68. The van der Waals surface area contributed by atoms with Crippen LogP contribution in [0.4, 0.5) is 0 Å². The fourth-order valence-corrected chi connectivity index (χ4v) is 1.66. The van der Waals surface area contributed by atoms with E-state index in [1.165, 1.54) is 0 Å². The van der Waals surface area contributed by atoms with Crippen molar-refractivity contribution in [2.45, 2.75) is 46.7 Å². The molecule has 0 fully saturated rings. The summed E-state index contributed by atoms with van der Waals surface area (Å²) in [6.45, 7) is 10.1. The lowest BCUT2D eigenvalue weighted by molar-refractivity contribution is -0.123. The Labute approximate surface area is 127 Å². The van der Waals surface area contributed by atoms with Gasteiger partial charge in [-0.1, -0.05) is 20.8 Å². The maximum atomic E-state index is 11.6. The first-order valence-electron chi connectivity index (χ1n) is 7.59. The van der Waals surface area contributed by atoms with Crippen LogP contribution in [-0.2, 0) is 11.3 Å². The van der Waals surface area contributed by atoms with E-state index >= 15 is 0 Å². The number of hydrogen-bond acceptors (Lipinski definition) is 4. The molecule has 1 rings (SSSR count). The number of pyridine rings is 1. The Balaban J connectivity index is 2.32. The highest BCUT2D eigenvalue weighted by Gasteiger charge is 2.06. The minimum absolute atomic E-state index is 0.0248. The second-order valence-corrected chi connectivity index (χ2v) is 5.68. The molecule has 5 nitrogen and oxygen atoms in total. The fourth-order valence-electron chi connectivity index (χ4n) is 1.66. The largest absolute Gasteiger partial charge is 0.482 e. The molecular weight excluding hydrogens is 266 g/mol. The Morgan fingerprint density at radius 1 is 1.33 bits per heavy atom. The van der Waals surface area contributed by atoms with E-state index in [2.05, 4.69) is 29.5 Å². The standard InChI is InChI=1S/C16H27N3O2/c1-5-13(4)19-16(20)11-21-15-7-6-14(18-10-15)9-17-8-12(2)3/h6-7,10,12-13,17H,5,8-9,11H2,1-4H3,(H,19,20). The van der Waals surface area contributed by atoms with Crippen molar-refractivity contribution < 1.29 is 9.53 Å². The minimum atomic E-state index is -0.105. The van der Waals surface area contributed by atoms with Gasteiger partial charge < -0.3 is 15.4 Å². The monoisotopic (exact) mass is 293 g/mol. The van der Waals surface area contributed by atoms with Crippen LogP contribution in [0.25, 0.3) is 0 Å². The molecule has 0 radical (unpaired) electrons. The average molecular weight is 293 g/mol. The van der Waals surface area contributed by atoms with E-state index in [0.29, 0.717) is 11.7 Å². The van der Waals surface area contributed by atoms with Gasteiger partial charge in [0, 0.05) is 12.6 Å². The number of hydrogen-bond donors (Lipinski definition) is 2. The third-order valence-corrected chi connectivity index (χ3v) is 3.05.